The minimum Gasteiger partial charge on any atom is -0.323 e. The molecule has 2 aromatic carbocycles. The molecule has 0 aromatic heterocycles. The normalized spacial score (nSPS) is 19.6. The minimum atomic E-state index is -0.746. The second-order valence-electron chi connectivity index (χ2n) is 9.40. The molecule has 1 heterocycles. The van der Waals surface area contributed by atoms with Crippen molar-refractivity contribution in [1.82, 2.24) is 4.90 Å². The first kappa shape index (κ1) is 22.3. The van der Waals surface area contributed by atoms with Gasteiger partial charge >= 0.3 is 0 Å². The number of amides is 3. The highest BCUT2D eigenvalue weighted by Crippen LogP contribution is 2.32. The van der Waals surface area contributed by atoms with Crippen LogP contribution in [0.2, 0.25) is 0 Å². The lowest BCUT2D eigenvalue weighted by Gasteiger charge is -2.37. The summed E-state index contributed by atoms with van der Waals surface area (Å²) in [6, 6.07) is 14.3. The van der Waals surface area contributed by atoms with Crippen LogP contribution in [0.15, 0.2) is 48.5 Å². The first-order valence-electron chi connectivity index (χ1n) is 11.7. The van der Waals surface area contributed by atoms with Gasteiger partial charge in [0, 0.05) is 11.6 Å². The maximum absolute atomic E-state index is 13.6. The van der Waals surface area contributed by atoms with E-state index in [2.05, 4.69) is 13.8 Å². The van der Waals surface area contributed by atoms with Gasteiger partial charge in [0.1, 0.15) is 6.04 Å². The summed E-state index contributed by atoms with van der Waals surface area (Å²) in [5.41, 5.74) is 3.39. The van der Waals surface area contributed by atoms with Crippen LogP contribution < -0.4 is 4.90 Å². The first-order valence-corrected chi connectivity index (χ1v) is 11.7. The third kappa shape index (κ3) is 4.34. The van der Waals surface area contributed by atoms with E-state index in [0.717, 1.165) is 43.2 Å². The molecule has 1 atom stereocenters. The Morgan fingerprint density at radius 3 is 2.16 bits per heavy atom. The van der Waals surface area contributed by atoms with Gasteiger partial charge < -0.3 is 4.90 Å². The van der Waals surface area contributed by atoms with Crippen molar-refractivity contribution in [2.75, 3.05) is 4.90 Å². The Morgan fingerprint density at radius 1 is 0.938 bits per heavy atom. The maximum atomic E-state index is 13.6. The van der Waals surface area contributed by atoms with E-state index in [1.165, 1.54) is 4.90 Å². The molecule has 1 saturated heterocycles. The van der Waals surface area contributed by atoms with Gasteiger partial charge in [-0.1, -0.05) is 62.9 Å². The summed E-state index contributed by atoms with van der Waals surface area (Å²) in [5.74, 6) is -0.316. The molecule has 1 aliphatic carbocycles. The molecule has 4 rings (SSSR count). The molecule has 3 amide bonds. The maximum Gasteiger partial charge on any atom is 0.257 e. The van der Waals surface area contributed by atoms with Crippen molar-refractivity contribution < 1.29 is 14.4 Å². The molecule has 0 N–H and O–H groups in total. The number of anilines is 1. The van der Waals surface area contributed by atoms with Gasteiger partial charge in [-0.2, -0.15) is 0 Å². The number of hydrogen-bond acceptors (Lipinski definition) is 3. The molecule has 2 fully saturated rings. The van der Waals surface area contributed by atoms with Crippen molar-refractivity contribution in [3.8, 4) is 0 Å². The fraction of sp³-hybridized carbons (Fsp3) is 0.444. The zero-order valence-electron chi connectivity index (χ0n) is 19.2. The number of carbonyl (C=O) groups is 3. The van der Waals surface area contributed by atoms with Crippen molar-refractivity contribution in [2.45, 2.75) is 77.3 Å². The molecule has 5 heteroatoms. The smallest absolute Gasteiger partial charge is 0.257 e. The molecule has 0 radical (unpaired) electrons. The molecule has 168 valence electrons. The molecule has 1 saturated carbocycles. The molecule has 2 aromatic rings. The van der Waals surface area contributed by atoms with E-state index in [1.807, 2.05) is 55.5 Å². The van der Waals surface area contributed by atoms with Crippen LogP contribution in [0, 0.1) is 6.92 Å². The fourth-order valence-corrected chi connectivity index (χ4v) is 4.88. The molecule has 5 nitrogen and oxygen atoms in total. The van der Waals surface area contributed by atoms with Gasteiger partial charge in [0.05, 0.1) is 12.1 Å². The lowest BCUT2D eigenvalue weighted by atomic mass is 9.92. The van der Waals surface area contributed by atoms with Crippen molar-refractivity contribution in [2.24, 2.45) is 0 Å². The van der Waals surface area contributed by atoms with E-state index in [1.54, 1.807) is 4.90 Å². The van der Waals surface area contributed by atoms with Gasteiger partial charge in [-0.3, -0.25) is 14.4 Å². The Morgan fingerprint density at radius 2 is 1.56 bits per heavy atom. The van der Waals surface area contributed by atoms with E-state index in [-0.39, 0.29) is 30.2 Å². The Kier molecular flexibility index (Phi) is 6.45. The molecule has 2 aliphatic rings. The fourth-order valence-electron chi connectivity index (χ4n) is 4.88. The number of aryl methyl sites for hydroxylation is 1. The number of carbonyl (C=O) groups excluding carboxylic acids is 3. The van der Waals surface area contributed by atoms with Crippen LogP contribution in [-0.2, 0) is 9.59 Å². The molecule has 0 spiro atoms. The average Bonchev–Trinajstić information content (AvgIpc) is 3.08. The molecular weight excluding hydrogens is 400 g/mol. The monoisotopic (exact) mass is 432 g/mol. The van der Waals surface area contributed by atoms with Crippen LogP contribution in [0.3, 0.4) is 0 Å². The van der Waals surface area contributed by atoms with E-state index in [4.69, 9.17) is 0 Å². The summed E-state index contributed by atoms with van der Waals surface area (Å²) < 4.78 is 0. The number of benzene rings is 2. The Labute approximate surface area is 190 Å². The summed E-state index contributed by atoms with van der Waals surface area (Å²) in [7, 11) is 0. The lowest BCUT2D eigenvalue weighted by Crippen LogP contribution is -2.51. The Bertz CT molecular complexity index is 989. The highest BCUT2D eigenvalue weighted by atomic mass is 16.2. The number of rotatable bonds is 5. The Balaban J connectivity index is 1.65. The largest absolute Gasteiger partial charge is 0.323 e. The minimum absolute atomic E-state index is 0.0115. The van der Waals surface area contributed by atoms with Gasteiger partial charge in [0.2, 0.25) is 5.91 Å². The second kappa shape index (κ2) is 9.27. The predicted octanol–water partition coefficient (Wildman–Crippen LogP) is 5.23. The lowest BCUT2D eigenvalue weighted by molar-refractivity contribution is -0.123. The predicted molar refractivity (Wildman–Crippen MR) is 126 cm³/mol. The van der Waals surface area contributed by atoms with E-state index in [0.29, 0.717) is 17.2 Å². The average molecular weight is 433 g/mol. The van der Waals surface area contributed by atoms with E-state index in [9.17, 15) is 14.4 Å². The van der Waals surface area contributed by atoms with Gasteiger partial charge in [0.15, 0.2) is 0 Å². The van der Waals surface area contributed by atoms with Crippen LogP contribution in [0.25, 0.3) is 0 Å². The topological polar surface area (TPSA) is 57.7 Å². The molecule has 0 bridgehead atoms. The summed E-state index contributed by atoms with van der Waals surface area (Å²) in [6.45, 7) is 6.20. The van der Waals surface area contributed by atoms with E-state index >= 15 is 0 Å². The van der Waals surface area contributed by atoms with E-state index < -0.39 is 6.04 Å². The standard InChI is InChI=1S/C27H32N2O3/c1-18(2)20-13-15-23(16-14-20)29-25(30)17-24(27(29)32)28(22-7-5-4-6-8-22)26(31)21-11-9-19(3)10-12-21/h9-16,18,22,24H,4-8,17H2,1-3H3. The van der Waals surface area contributed by atoms with Crippen molar-refractivity contribution >= 4 is 23.4 Å². The molecule has 32 heavy (non-hydrogen) atoms. The number of nitrogens with zero attached hydrogens (tertiary/aromatic N) is 2. The third-order valence-electron chi connectivity index (χ3n) is 6.78. The number of imide groups is 1. The molecule has 1 unspecified atom stereocenters. The molecule has 1 aliphatic heterocycles. The third-order valence-corrected chi connectivity index (χ3v) is 6.78. The van der Waals surface area contributed by atoms with Crippen molar-refractivity contribution in [3.05, 3.63) is 65.2 Å². The first-order chi connectivity index (χ1) is 15.4. The summed E-state index contributed by atoms with van der Waals surface area (Å²) in [4.78, 5) is 43.1. The summed E-state index contributed by atoms with van der Waals surface area (Å²) >= 11 is 0. The highest BCUT2D eigenvalue weighted by molar-refractivity contribution is 6.23. The summed E-state index contributed by atoms with van der Waals surface area (Å²) in [6.07, 6.45) is 5.01. The quantitative estimate of drug-likeness (QED) is 0.608. The molecular formula is C27H32N2O3. The van der Waals surface area contributed by atoms with Gasteiger partial charge in [-0.25, -0.2) is 4.90 Å². The van der Waals surface area contributed by atoms with Gasteiger partial charge in [-0.05, 0) is 55.5 Å². The summed E-state index contributed by atoms with van der Waals surface area (Å²) in [5, 5.41) is 0. The zero-order chi connectivity index (χ0) is 22.8. The van der Waals surface area contributed by atoms with Gasteiger partial charge in [0.25, 0.3) is 11.8 Å². The SMILES string of the molecule is Cc1ccc(C(=O)N(C2CCCCC2)C2CC(=O)N(c3ccc(C(C)C)cc3)C2=O)cc1. The van der Waals surface area contributed by atoms with Gasteiger partial charge in [-0.15, -0.1) is 0 Å². The zero-order valence-corrected chi connectivity index (χ0v) is 19.2. The Hall–Kier alpha value is -2.95. The van der Waals surface area contributed by atoms with Crippen LogP contribution in [0.4, 0.5) is 5.69 Å². The van der Waals surface area contributed by atoms with Crippen LogP contribution >= 0.6 is 0 Å². The van der Waals surface area contributed by atoms with Crippen LogP contribution in [0.1, 0.15) is 79.8 Å². The van der Waals surface area contributed by atoms with Crippen molar-refractivity contribution in [3.63, 3.8) is 0 Å². The highest BCUT2D eigenvalue weighted by Gasteiger charge is 2.46. The number of hydrogen-bond donors (Lipinski definition) is 0. The second-order valence-corrected chi connectivity index (χ2v) is 9.40. The van der Waals surface area contributed by atoms with Crippen molar-refractivity contribution in [1.29, 1.82) is 0 Å². The van der Waals surface area contributed by atoms with Crippen LogP contribution in [-0.4, -0.2) is 34.7 Å². The van der Waals surface area contributed by atoms with Crippen LogP contribution in [0.5, 0.6) is 0 Å².